The number of para-hydroxylation sites is 1. The van der Waals surface area contributed by atoms with E-state index >= 15 is 0 Å². The zero-order chi connectivity index (χ0) is 24.2. The van der Waals surface area contributed by atoms with Crippen LogP contribution < -0.4 is 21.3 Å². The van der Waals surface area contributed by atoms with E-state index in [-0.39, 0.29) is 23.8 Å². The first-order chi connectivity index (χ1) is 17.0. The standard InChI is InChI=1S/C28H24N4O3/c33-26(18-10-11-18)32-25-17-20-7-5-4-6-19(20)16-24(25)27(34)29-22-12-14-23(15-13-22)31-28(35)30-21-8-2-1-3-9-21/h1-9,12-18H,10-11H2,(H,29,34)(H,32,33)(H2,30,31,35). The van der Waals surface area contributed by atoms with Crippen LogP contribution >= 0.6 is 0 Å². The Bertz CT molecular complexity index is 1400. The second-order valence-corrected chi connectivity index (χ2v) is 8.49. The summed E-state index contributed by atoms with van der Waals surface area (Å²) in [7, 11) is 0. The Morgan fingerprint density at radius 3 is 1.77 bits per heavy atom. The Labute approximate surface area is 202 Å². The van der Waals surface area contributed by atoms with Gasteiger partial charge in [-0.25, -0.2) is 4.79 Å². The van der Waals surface area contributed by atoms with Crippen LogP contribution in [0.15, 0.2) is 91.0 Å². The first-order valence-electron chi connectivity index (χ1n) is 11.4. The first kappa shape index (κ1) is 22.2. The van der Waals surface area contributed by atoms with Gasteiger partial charge in [-0.3, -0.25) is 9.59 Å². The summed E-state index contributed by atoms with van der Waals surface area (Å²) >= 11 is 0. The number of fused-ring (bicyclic) bond motifs is 1. The molecular formula is C28H24N4O3. The van der Waals surface area contributed by atoms with E-state index in [2.05, 4.69) is 21.3 Å². The predicted octanol–water partition coefficient (Wildman–Crippen LogP) is 6.08. The summed E-state index contributed by atoms with van der Waals surface area (Å²) in [6, 6.07) is 26.9. The maximum atomic E-state index is 13.2. The number of rotatable bonds is 6. The van der Waals surface area contributed by atoms with Gasteiger partial charge in [0.2, 0.25) is 5.91 Å². The monoisotopic (exact) mass is 464 g/mol. The van der Waals surface area contributed by atoms with Crippen LogP contribution in [0.3, 0.4) is 0 Å². The molecule has 1 aliphatic rings. The number of hydrogen-bond acceptors (Lipinski definition) is 3. The van der Waals surface area contributed by atoms with Crippen LogP contribution in [0.5, 0.6) is 0 Å². The largest absolute Gasteiger partial charge is 0.325 e. The van der Waals surface area contributed by atoms with Crippen molar-refractivity contribution in [3.05, 3.63) is 96.6 Å². The van der Waals surface area contributed by atoms with Gasteiger partial charge in [-0.15, -0.1) is 0 Å². The molecule has 4 aromatic rings. The number of nitrogens with one attached hydrogen (secondary N) is 4. The van der Waals surface area contributed by atoms with Crippen LogP contribution in [-0.2, 0) is 4.79 Å². The lowest BCUT2D eigenvalue weighted by molar-refractivity contribution is -0.117. The molecule has 0 saturated heterocycles. The molecule has 4 N–H and O–H groups in total. The second kappa shape index (κ2) is 9.69. The summed E-state index contributed by atoms with van der Waals surface area (Å²) in [5, 5.41) is 13.2. The highest BCUT2D eigenvalue weighted by Crippen LogP contribution is 2.32. The topological polar surface area (TPSA) is 99.3 Å². The third kappa shape index (κ3) is 5.47. The average molecular weight is 465 g/mol. The molecule has 0 radical (unpaired) electrons. The van der Waals surface area contributed by atoms with Crippen molar-refractivity contribution in [2.24, 2.45) is 5.92 Å². The molecule has 174 valence electrons. The number of anilines is 4. The van der Waals surface area contributed by atoms with E-state index in [0.29, 0.717) is 28.3 Å². The molecule has 7 nitrogen and oxygen atoms in total. The van der Waals surface area contributed by atoms with E-state index in [4.69, 9.17) is 0 Å². The summed E-state index contributed by atoms with van der Waals surface area (Å²) in [6.45, 7) is 0. The third-order valence-electron chi connectivity index (χ3n) is 5.77. The van der Waals surface area contributed by atoms with Crippen molar-refractivity contribution in [2.45, 2.75) is 12.8 Å². The Morgan fingerprint density at radius 1 is 0.600 bits per heavy atom. The van der Waals surface area contributed by atoms with Gasteiger partial charge in [0.1, 0.15) is 0 Å². The van der Waals surface area contributed by atoms with E-state index in [1.165, 1.54) is 0 Å². The number of hydrogen-bond donors (Lipinski definition) is 4. The molecule has 1 fully saturated rings. The Kier molecular flexibility index (Phi) is 6.13. The van der Waals surface area contributed by atoms with Crippen molar-refractivity contribution in [3.8, 4) is 0 Å². The minimum atomic E-state index is -0.361. The molecule has 0 heterocycles. The van der Waals surface area contributed by atoms with Crippen LogP contribution in [0, 0.1) is 5.92 Å². The SMILES string of the molecule is O=C(Nc1ccccc1)Nc1ccc(NC(=O)c2cc3ccccc3cc2NC(=O)C2CC2)cc1. The molecule has 0 atom stereocenters. The fraction of sp³-hybridized carbons (Fsp3) is 0.107. The molecule has 0 bridgehead atoms. The second-order valence-electron chi connectivity index (χ2n) is 8.49. The highest BCUT2D eigenvalue weighted by atomic mass is 16.2. The van der Waals surface area contributed by atoms with Crippen LogP contribution in [0.25, 0.3) is 10.8 Å². The zero-order valence-electron chi connectivity index (χ0n) is 18.9. The van der Waals surface area contributed by atoms with Crippen molar-refractivity contribution >= 4 is 51.4 Å². The average Bonchev–Trinajstić information content (AvgIpc) is 3.71. The summed E-state index contributed by atoms with van der Waals surface area (Å²) in [6.07, 6.45) is 1.76. The van der Waals surface area contributed by atoms with Crippen LogP contribution in [-0.4, -0.2) is 17.8 Å². The molecule has 5 rings (SSSR count). The number of urea groups is 1. The molecule has 0 unspecified atom stereocenters. The molecule has 4 aromatic carbocycles. The molecule has 7 heteroatoms. The van der Waals surface area contributed by atoms with E-state index < -0.39 is 0 Å². The molecular weight excluding hydrogens is 440 g/mol. The fourth-order valence-electron chi connectivity index (χ4n) is 3.76. The summed E-state index contributed by atoms with van der Waals surface area (Å²) in [5.74, 6) is -0.362. The molecule has 1 saturated carbocycles. The molecule has 0 aliphatic heterocycles. The van der Waals surface area contributed by atoms with Gasteiger partial charge in [0.25, 0.3) is 5.91 Å². The van der Waals surface area contributed by atoms with Gasteiger partial charge in [-0.1, -0.05) is 42.5 Å². The quantitative estimate of drug-likeness (QED) is 0.278. The lowest BCUT2D eigenvalue weighted by atomic mass is 10.0. The van der Waals surface area contributed by atoms with E-state index in [1.54, 1.807) is 42.5 Å². The molecule has 0 aromatic heterocycles. The predicted molar refractivity (Wildman–Crippen MR) is 139 cm³/mol. The number of carbonyl (C=O) groups excluding carboxylic acids is 3. The number of carbonyl (C=O) groups is 3. The van der Waals surface area contributed by atoms with Crippen molar-refractivity contribution in [1.29, 1.82) is 0 Å². The van der Waals surface area contributed by atoms with Crippen LogP contribution in [0.2, 0.25) is 0 Å². The van der Waals surface area contributed by atoms with Crippen molar-refractivity contribution in [2.75, 3.05) is 21.3 Å². The Hall–Kier alpha value is -4.65. The van der Waals surface area contributed by atoms with Gasteiger partial charge >= 0.3 is 6.03 Å². The van der Waals surface area contributed by atoms with Gasteiger partial charge < -0.3 is 21.3 Å². The normalized spacial score (nSPS) is 12.6. The summed E-state index contributed by atoms with van der Waals surface area (Å²) in [5.41, 5.74) is 2.72. The van der Waals surface area contributed by atoms with Crippen LogP contribution in [0.4, 0.5) is 27.5 Å². The van der Waals surface area contributed by atoms with Gasteiger partial charge in [-0.05, 0) is 72.1 Å². The maximum absolute atomic E-state index is 13.2. The first-order valence-corrected chi connectivity index (χ1v) is 11.4. The lowest BCUT2D eigenvalue weighted by Crippen LogP contribution is -2.20. The lowest BCUT2D eigenvalue weighted by Gasteiger charge is -2.14. The number of amides is 4. The molecule has 0 spiro atoms. The van der Waals surface area contributed by atoms with E-state index in [9.17, 15) is 14.4 Å². The molecule has 35 heavy (non-hydrogen) atoms. The Balaban J connectivity index is 1.29. The summed E-state index contributed by atoms with van der Waals surface area (Å²) in [4.78, 5) is 37.8. The Morgan fingerprint density at radius 2 is 1.14 bits per heavy atom. The highest BCUT2D eigenvalue weighted by molar-refractivity contribution is 6.13. The van der Waals surface area contributed by atoms with Crippen molar-refractivity contribution in [1.82, 2.24) is 0 Å². The minimum absolute atomic E-state index is 0.0246. The van der Waals surface area contributed by atoms with Gasteiger partial charge in [0, 0.05) is 23.0 Å². The smallest absolute Gasteiger partial charge is 0.323 e. The number of benzene rings is 4. The third-order valence-corrected chi connectivity index (χ3v) is 5.77. The zero-order valence-corrected chi connectivity index (χ0v) is 18.9. The van der Waals surface area contributed by atoms with Crippen LogP contribution in [0.1, 0.15) is 23.2 Å². The minimum Gasteiger partial charge on any atom is -0.325 e. The molecule has 4 amide bonds. The summed E-state index contributed by atoms with van der Waals surface area (Å²) < 4.78 is 0. The highest BCUT2D eigenvalue weighted by Gasteiger charge is 2.30. The molecule has 1 aliphatic carbocycles. The maximum Gasteiger partial charge on any atom is 0.323 e. The van der Waals surface area contributed by atoms with E-state index in [1.807, 2.05) is 48.5 Å². The fourth-order valence-corrected chi connectivity index (χ4v) is 3.76. The van der Waals surface area contributed by atoms with E-state index in [0.717, 1.165) is 23.6 Å². The van der Waals surface area contributed by atoms with Crippen molar-refractivity contribution < 1.29 is 14.4 Å². The van der Waals surface area contributed by atoms with Crippen molar-refractivity contribution in [3.63, 3.8) is 0 Å². The van der Waals surface area contributed by atoms with Gasteiger partial charge in [0.05, 0.1) is 11.3 Å². The van der Waals surface area contributed by atoms with Gasteiger partial charge in [0.15, 0.2) is 0 Å². The van der Waals surface area contributed by atoms with Gasteiger partial charge in [-0.2, -0.15) is 0 Å².